The molecule has 0 atom stereocenters. The van der Waals surface area contributed by atoms with Crippen molar-refractivity contribution in [1.29, 1.82) is 0 Å². The number of primary amides is 1. The lowest BCUT2D eigenvalue weighted by Crippen LogP contribution is -2.11. The summed E-state index contributed by atoms with van der Waals surface area (Å²) in [6, 6.07) is 23.6. The largest absolute Gasteiger partial charge is 0.366 e. The Balaban J connectivity index is 1.84. The summed E-state index contributed by atoms with van der Waals surface area (Å²) in [7, 11) is 0. The zero-order chi connectivity index (χ0) is 20.0. The van der Waals surface area contributed by atoms with E-state index in [1.165, 1.54) is 6.07 Å². The Morgan fingerprint density at radius 1 is 1.07 bits per heavy atom. The summed E-state index contributed by atoms with van der Waals surface area (Å²) in [6.45, 7) is 0.344. The van der Waals surface area contributed by atoms with Gasteiger partial charge in [-0.15, -0.1) is 11.3 Å². The number of hydrogen-bond acceptors (Lipinski definition) is 2. The molecule has 141 valence electrons. The van der Waals surface area contributed by atoms with Gasteiger partial charge in [-0.1, -0.05) is 30.3 Å². The molecule has 0 saturated carbocycles. The molecule has 0 fully saturated rings. The molecule has 0 spiro atoms. The highest BCUT2D eigenvalue weighted by atomic mass is 32.1. The first-order valence-electron chi connectivity index (χ1n) is 9.17. The van der Waals surface area contributed by atoms with Crippen LogP contribution in [0, 0.1) is 11.9 Å². The summed E-state index contributed by atoms with van der Waals surface area (Å²) in [4.78, 5) is 13.2. The lowest BCUT2D eigenvalue weighted by atomic mass is 10.0. The minimum atomic E-state index is -0.490. The molecule has 0 aliphatic rings. The van der Waals surface area contributed by atoms with Gasteiger partial charge in [0.15, 0.2) is 0 Å². The monoisotopic (exact) mass is 399 g/mol. The molecule has 0 saturated heterocycles. The summed E-state index contributed by atoms with van der Waals surface area (Å²) in [5.74, 6) is -0.747. The van der Waals surface area contributed by atoms with Gasteiger partial charge in [-0.3, -0.25) is 4.79 Å². The highest BCUT2D eigenvalue weighted by Crippen LogP contribution is 2.35. The molecule has 0 aliphatic carbocycles. The summed E-state index contributed by atoms with van der Waals surface area (Å²) >= 11 is 1.65. The first kappa shape index (κ1) is 17.6. The van der Waals surface area contributed by atoms with E-state index in [9.17, 15) is 9.18 Å². The maximum Gasteiger partial charge on any atom is 0.249 e. The van der Waals surface area contributed by atoms with E-state index < -0.39 is 5.91 Å². The number of fused-ring (bicyclic) bond motifs is 3. The smallest absolute Gasteiger partial charge is 0.249 e. The van der Waals surface area contributed by atoms with E-state index in [0.717, 1.165) is 32.2 Å². The van der Waals surface area contributed by atoms with Crippen molar-refractivity contribution in [3.05, 3.63) is 95.1 Å². The number of nitrogens with two attached hydrogens (primary N) is 1. The highest BCUT2D eigenvalue weighted by Gasteiger charge is 2.18. The van der Waals surface area contributed by atoms with Crippen LogP contribution in [0.5, 0.6) is 0 Å². The first-order chi connectivity index (χ1) is 14.1. The van der Waals surface area contributed by atoms with Crippen molar-refractivity contribution in [2.24, 2.45) is 5.73 Å². The Kier molecular flexibility index (Phi) is 4.18. The summed E-state index contributed by atoms with van der Waals surface area (Å²) < 4.78 is 16.4. The number of carbonyl (C=O) groups is 1. The third-order valence-corrected chi connectivity index (χ3v) is 6.07. The number of nitrogens with zero attached hydrogens (tertiary/aromatic N) is 1. The maximum absolute atomic E-state index is 14.4. The number of carbonyl (C=O) groups excluding carboxylic acids is 1. The van der Waals surface area contributed by atoms with Gasteiger partial charge in [-0.25, -0.2) is 4.39 Å². The van der Waals surface area contributed by atoms with Crippen molar-refractivity contribution in [1.82, 2.24) is 4.57 Å². The van der Waals surface area contributed by atoms with Crippen LogP contribution in [0.15, 0.2) is 72.1 Å². The third kappa shape index (κ3) is 2.91. The van der Waals surface area contributed by atoms with E-state index in [1.807, 2.05) is 34.2 Å². The van der Waals surface area contributed by atoms with Gasteiger partial charge in [0.2, 0.25) is 5.91 Å². The molecule has 0 bridgehead atoms. The number of rotatable bonds is 4. The van der Waals surface area contributed by atoms with Crippen molar-refractivity contribution in [2.45, 2.75) is 6.54 Å². The molecular formula is C24H16FN2OS. The van der Waals surface area contributed by atoms with Crippen LogP contribution in [-0.4, -0.2) is 10.5 Å². The third-order valence-electron chi connectivity index (χ3n) is 5.15. The first-order valence-corrected chi connectivity index (χ1v) is 10.0. The lowest BCUT2D eigenvalue weighted by molar-refractivity contribution is 0.100. The van der Waals surface area contributed by atoms with Crippen LogP contribution >= 0.6 is 11.3 Å². The van der Waals surface area contributed by atoms with Crippen molar-refractivity contribution >= 4 is 39.0 Å². The molecule has 2 aromatic heterocycles. The average Bonchev–Trinajstić information content (AvgIpc) is 3.36. The van der Waals surface area contributed by atoms with E-state index in [1.54, 1.807) is 35.6 Å². The summed E-state index contributed by atoms with van der Waals surface area (Å²) in [5, 5.41) is 3.59. The van der Waals surface area contributed by atoms with Gasteiger partial charge >= 0.3 is 0 Å². The number of halogens is 1. The van der Waals surface area contributed by atoms with Gasteiger partial charge in [0, 0.05) is 26.8 Å². The molecule has 5 rings (SSSR count). The number of benzene rings is 3. The van der Waals surface area contributed by atoms with Gasteiger partial charge in [0.25, 0.3) is 0 Å². The Morgan fingerprint density at radius 2 is 1.93 bits per heavy atom. The van der Waals surface area contributed by atoms with Crippen LogP contribution < -0.4 is 5.73 Å². The molecular weight excluding hydrogens is 383 g/mol. The number of hydrogen-bond donors (Lipinski definition) is 1. The summed E-state index contributed by atoms with van der Waals surface area (Å²) in [5.41, 5.74) is 9.43. The van der Waals surface area contributed by atoms with Crippen LogP contribution in [0.1, 0.15) is 15.9 Å². The van der Waals surface area contributed by atoms with E-state index in [2.05, 4.69) is 18.2 Å². The van der Waals surface area contributed by atoms with Crippen LogP contribution in [0.25, 0.3) is 32.2 Å². The van der Waals surface area contributed by atoms with Gasteiger partial charge in [0.1, 0.15) is 5.82 Å². The van der Waals surface area contributed by atoms with Gasteiger partial charge in [-0.2, -0.15) is 0 Å². The molecule has 5 aromatic rings. The van der Waals surface area contributed by atoms with Crippen LogP contribution in [0.3, 0.4) is 0 Å². The molecule has 0 aliphatic heterocycles. The van der Waals surface area contributed by atoms with Crippen molar-refractivity contribution in [2.75, 3.05) is 0 Å². The lowest BCUT2D eigenvalue weighted by Gasteiger charge is -2.09. The molecule has 3 aromatic carbocycles. The van der Waals surface area contributed by atoms with Crippen molar-refractivity contribution < 1.29 is 9.18 Å². The Morgan fingerprint density at radius 3 is 2.69 bits per heavy atom. The van der Waals surface area contributed by atoms with E-state index in [4.69, 9.17) is 5.73 Å². The van der Waals surface area contributed by atoms with Gasteiger partial charge in [-0.05, 0) is 53.4 Å². The SMILES string of the molecule is NC(=O)c1cccc2c1c1[c]cc(-c3cccs3)cc1n2Cc1ccccc1F. The normalized spacial score (nSPS) is 11.3. The van der Waals surface area contributed by atoms with Gasteiger partial charge in [0.05, 0.1) is 17.6 Å². The maximum atomic E-state index is 14.4. The molecule has 3 nitrogen and oxygen atoms in total. The molecule has 1 amide bonds. The standard InChI is InChI=1S/C24H16FN2OS/c25-19-7-2-1-5-16(19)14-27-20-8-3-6-18(24(26)28)23(20)17-11-10-15(13-21(17)27)22-9-4-12-29-22/h1-10,12-13H,14H2,(H2,26,28). The fourth-order valence-electron chi connectivity index (χ4n) is 3.81. The second kappa shape index (κ2) is 6.87. The minimum Gasteiger partial charge on any atom is -0.366 e. The minimum absolute atomic E-state index is 0.257. The topological polar surface area (TPSA) is 48.0 Å². The molecule has 29 heavy (non-hydrogen) atoms. The van der Waals surface area contributed by atoms with Crippen LogP contribution in [0.2, 0.25) is 0 Å². The van der Waals surface area contributed by atoms with Crippen LogP contribution in [0.4, 0.5) is 4.39 Å². The zero-order valence-corrected chi connectivity index (χ0v) is 16.2. The number of amides is 1. The molecule has 1 radical (unpaired) electrons. The highest BCUT2D eigenvalue weighted by molar-refractivity contribution is 7.13. The quantitative estimate of drug-likeness (QED) is 0.420. The van der Waals surface area contributed by atoms with Crippen LogP contribution in [-0.2, 0) is 6.54 Å². The zero-order valence-electron chi connectivity index (χ0n) is 15.4. The van der Waals surface area contributed by atoms with E-state index in [0.29, 0.717) is 17.7 Å². The van der Waals surface area contributed by atoms with Gasteiger partial charge < -0.3 is 10.3 Å². The Bertz CT molecular complexity index is 1370. The molecule has 2 heterocycles. The Hall–Kier alpha value is -3.44. The predicted molar refractivity (Wildman–Crippen MR) is 116 cm³/mol. The number of thiophene rings is 1. The predicted octanol–water partition coefficient (Wildman–Crippen LogP) is 5.61. The molecule has 2 N–H and O–H groups in total. The Labute approximate surface area is 170 Å². The van der Waals surface area contributed by atoms with Crippen molar-refractivity contribution in [3.8, 4) is 10.4 Å². The molecule has 0 unspecified atom stereocenters. The fraction of sp³-hybridized carbons (Fsp3) is 0.0417. The fourth-order valence-corrected chi connectivity index (χ4v) is 4.53. The number of aromatic nitrogens is 1. The van der Waals surface area contributed by atoms with E-state index >= 15 is 0 Å². The van der Waals surface area contributed by atoms with Crippen molar-refractivity contribution in [3.63, 3.8) is 0 Å². The summed E-state index contributed by atoms with van der Waals surface area (Å²) in [6.07, 6.45) is 0. The molecule has 5 heteroatoms. The average molecular weight is 399 g/mol. The second-order valence-electron chi connectivity index (χ2n) is 6.87. The second-order valence-corrected chi connectivity index (χ2v) is 7.82. The van der Waals surface area contributed by atoms with E-state index in [-0.39, 0.29) is 5.82 Å².